The lowest BCUT2D eigenvalue weighted by molar-refractivity contribution is 0.0963. The van der Waals surface area contributed by atoms with E-state index in [1.54, 1.807) is 24.9 Å². The minimum absolute atomic E-state index is 0.0775. The molecule has 122 valence electrons. The van der Waals surface area contributed by atoms with Crippen molar-refractivity contribution in [2.24, 2.45) is 0 Å². The van der Waals surface area contributed by atoms with Crippen LogP contribution in [0.3, 0.4) is 0 Å². The lowest BCUT2D eigenvalue weighted by Crippen LogP contribution is -2.17. The second kappa shape index (κ2) is 7.79. The van der Waals surface area contributed by atoms with Crippen LogP contribution >= 0.6 is 11.8 Å². The van der Waals surface area contributed by atoms with E-state index in [1.165, 1.54) is 0 Å². The van der Waals surface area contributed by atoms with Gasteiger partial charge in [-0.05, 0) is 29.8 Å². The van der Waals surface area contributed by atoms with Gasteiger partial charge in [0.15, 0.2) is 0 Å². The number of aromatic nitrogens is 2. The Bertz CT molecular complexity index is 818. The smallest absolute Gasteiger partial charge is 0.251 e. The molecule has 0 atom stereocenters. The predicted octanol–water partition coefficient (Wildman–Crippen LogP) is 3.53. The third-order valence-electron chi connectivity index (χ3n) is 3.40. The molecular formula is C18H17N3O2S. The molecule has 3 rings (SSSR count). The number of benzene rings is 2. The minimum atomic E-state index is -0.0775. The summed E-state index contributed by atoms with van der Waals surface area (Å²) in [6.45, 7) is 0. The van der Waals surface area contributed by atoms with Gasteiger partial charge in [-0.25, -0.2) is 0 Å². The Morgan fingerprint density at radius 2 is 1.92 bits per heavy atom. The van der Waals surface area contributed by atoms with Gasteiger partial charge in [0, 0.05) is 23.9 Å². The Morgan fingerprint density at radius 3 is 2.71 bits per heavy atom. The normalized spacial score (nSPS) is 10.5. The highest BCUT2D eigenvalue weighted by molar-refractivity contribution is 7.97. The lowest BCUT2D eigenvalue weighted by Gasteiger charge is -2.03. The van der Waals surface area contributed by atoms with E-state index >= 15 is 0 Å². The van der Waals surface area contributed by atoms with E-state index in [0.717, 1.165) is 16.9 Å². The molecule has 0 radical (unpaired) electrons. The molecule has 1 aromatic heterocycles. The van der Waals surface area contributed by atoms with Crippen LogP contribution in [-0.2, 0) is 11.5 Å². The molecule has 0 spiro atoms. The highest BCUT2D eigenvalue weighted by Crippen LogP contribution is 2.21. The molecule has 6 heteroatoms. The van der Waals surface area contributed by atoms with E-state index < -0.39 is 0 Å². The van der Waals surface area contributed by atoms with E-state index in [1.807, 2.05) is 48.5 Å². The quantitative estimate of drug-likeness (QED) is 0.744. The summed E-state index contributed by atoms with van der Waals surface area (Å²) in [5, 5.41) is 10.8. The maximum absolute atomic E-state index is 11.6. The minimum Gasteiger partial charge on any atom is -0.420 e. The van der Waals surface area contributed by atoms with Crippen LogP contribution in [0.5, 0.6) is 0 Å². The van der Waals surface area contributed by atoms with Crippen LogP contribution in [0.1, 0.15) is 21.8 Å². The predicted molar refractivity (Wildman–Crippen MR) is 94.6 cm³/mol. The zero-order valence-electron chi connectivity index (χ0n) is 13.2. The summed E-state index contributed by atoms with van der Waals surface area (Å²) < 4.78 is 5.68. The molecule has 0 saturated carbocycles. The number of thioether (sulfide) groups is 1. The van der Waals surface area contributed by atoms with Gasteiger partial charge in [0.2, 0.25) is 11.8 Å². The van der Waals surface area contributed by atoms with Gasteiger partial charge >= 0.3 is 0 Å². The largest absolute Gasteiger partial charge is 0.420 e. The van der Waals surface area contributed by atoms with E-state index in [4.69, 9.17) is 4.42 Å². The number of amides is 1. The van der Waals surface area contributed by atoms with Crippen LogP contribution in [0.4, 0.5) is 0 Å². The fourth-order valence-electron chi connectivity index (χ4n) is 2.21. The Labute approximate surface area is 144 Å². The molecule has 0 aliphatic rings. The standard InChI is InChI=1S/C18H17N3O2S/c1-19-17(22)15-9-5-6-13(10-15)11-24-12-16-20-21-18(23-16)14-7-3-2-4-8-14/h2-10H,11-12H2,1H3,(H,19,22). The first kappa shape index (κ1) is 16.3. The van der Waals surface area contributed by atoms with E-state index in [9.17, 15) is 4.79 Å². The van der Waals surface area contributed by atoms with Gasteiger partial charge in [0.05, 0.1) is 5.75 Å². The fourth-order valence-corrected chi connectivity index (χ4v) is 3.02. The molecule has 1 N–H and O–H groups in total. The van der Waals surface area contributed by atoms with Crippen LogP contribution in [0.25, 0.3) is 11.5 Å². The number of carbonyl (C=O) groups is 1. The summed E-state index contributed by atoms with van der Waals surface area (Å²) in [5.74, 6) is 2.46. The van der Waals surface area contributed by atoms with Crippen LogP contribution in [0.15, 0.2) is 59.0 Å². The number of nitrogens with one attached hydrogen (secondary N) is 1. The SMILES string of the molecule is CNC(=O)c1cccc(CSCc2nnc(-c3ccccc3)o2)c1. The van der Waals surface area contributed by atoms with Gasteiger partial charge in [0.25, 0.3) is 5.91 Å². The molecular weight excluding hydrogens is 322 g/mol. The van der Waals surface area contributed by atoms with Gasteiger partial charge in [-0.1, -0.05) is 30.3 Å². The van der Waals surface area contributed by atoms with E-state index in [-0.39, 0.29) is 5.91 Å². The van der Waals surface area contributed by atoms with E-state index in [0.29, 0.717) is 23.1 Å². The highest BCUT2D eigenvalue weighted by atomic mass is 32.2. The second-order valence-electron chi connectivity index (χ2n) is 5.14. The average molecular weight is 339 g/mol. The molecule has 0 aliphatic carbocycles. The summed E-state index contributed by atoms with van der Waals surface area (Å²) in [6, 6.07) is 17.3. The zero-order valence-corrected chi connectivity index (χ0v) is 14.0. The Kier molecular flexibility index (Phi) is 5.28. The molecule has 3 aromatic rings. The molecule has 0 aliphatic heterocycles. The van der Waals surface area contributed by atoms with Crippen molar-refractivity contribution in [3.8, 4) is 11.5 Å². The molecule has 0 fully saturated rings. The van der Waals surface area contributed by atoms with Crippen molar-refractivity contribution in [3.05, 3.63) is 71.6 Å². The topological polar surface area (TPSA) is 68.0 Å². The van der Waals surface area contributed by atoms with Crippen molar-refractivity contribution in [2.75, 3.05) is 7.05 Å². The van der Waals surface area contributed by atoms with Crippen LogP contribution < -0.4 is 5.32 Å². The molecule has 0 unspecified atom stereocenters. The fraction of sp³-hybridized carbons (Fsp3) is 0.167. The molecule has 2 aromatic carbocycles. The molecule has 0 saturated heterocycles. The molecule has 1 amide bonds. The third kappa shape index (κ3) is 4.02. The molecule has 5 nitrogen and oxygen atoms in total. The summed E-state index contributed by atoms with van der Waals surface area (Å²) in [5.41, 5.74) is 2.67. The van der Waals surface area contributed by atoms with E-state index in [2.05, 4.69) is 15.5 Å². The van der Waals surface area contributed by atoms with Gasteiger partial charge < -0.3 is 9.73 Å². The maximum Gasteiger partial charge on any atom is 0.251 e. The highest BCUT2D eigenvalue weighted by Gasteiger charge is 2.09. The van der Waals surface area contributed by atoms with Crippen molar-refractivity contribution in [3.63, 3.8) is 0 Å². The van der Waals surface area contributed by atoms with Crippen LogP contribution in [-0.4, -0.2) is 23.2 Å². The van der Waals surface area contributed by atoms with Crippen molar-refractivity contribution in [1.29, 1.82) is 0 Å². The number of rotatable bonds is 6. The first-order chi connectivity index (χ1) is 11.8. The first-order valence-corrected chi connectivity index (χ1v) is 8.68. The van der Waals surface area contributed by atoms with Crippen molar-refractivity contribution < 1.29 is 9.21 Å². The molecule has 1 heterocycles. The Morgan fingerprint density at radius 1 is 1.08 bits per heavy atom. The second-order valence-corrected chi connectivity index (χ2v) is 6.12. The number of carbonyl (C=O) groups excluding carboxylic acids is 1. The number of nitrogens with zero attached hydrogens (tertiary/aromatic N) is 2. The van der Waals surface area contributed by atoms with Crippen LogP contribution in [0, 0.1) is 0 Å². The first-order valence-electron chi connectivity index (χ1n) is 7.53. The average Bonchev–Trinajstić information content (AvgIpc) is 3.11. The summed E-state index contributed by atoms with van der Waals surface area (Å²) >= 11 is 1.67. The monoisotopic (exact) mass is 339 g/mol. The third-order valence-corrected chi connectivity index (χ3v) is 4.39. The Hall–Kier alpha value is -2.60. The molecule has 0 bridgehead atoms. The van der Waals surface area contributed by atoms with Gasteiger partial charge in [-0.2, -0.15) is 0 Å². The van der Waals surface area contributed by atoms with Crippen molar-refractivity contribution >= 4 is 17.7 Å². The van der Waals surface area contributed by atoms with Crippen molar-refractivity contribution in [1.82, 2.24) is 15.5 Å². The van der Waals surface area contributed by atoms with Gasteiger partial charge in [-0.3, -0.25) is 4.79 Å². The van der Waals surface area contributed by atoms with Gasteiger partial charge in [0.1, 0.15) is 0 Å². The zero-order chi connectivity index (χ0) is 16.8. The maximum atomic E-state index is 11.6. The lowest BCUT2D eigenvalue weighted by atomic mass is 10.1. The summed E-state index contributed by atoms with van der Waals surface area (Å²) in [7, 11) is 1.63. The summed E-state index contributed by atoms with van der Waals surface area (Å²) in [4.78, 5) is 11.6. The van der Waals surface area contributed by atoms with Gasteiger partial charge in [-0.15, -0.1) is 22.0 Å². The van der Waals surface area contributed by atoms with Crippen LogP contribution in [0.2, 0.25) is 0 Å². The molecule has 24 heavy (non-hydrogen) atoms. The number of hydrogen-bond acceptors (Lipinski definition) is 5. The Balaban J connectivity index is 1.57. The summed E-state index contributed by atoms with van der Waals surface area (Å²) in [6.07, 6.45) is 0. The van der Waals surface area contributed by atoms with Crippen molar-refractivity contribution in [2.45, 2.75) is 11.5 Å². The number of hydrogen-bond donors (Lipinski definition) is 1.